The Bertz CT molecular complexity index is 688. The second kappa shape index (κ2) is 3.41. The van der Waals surface area contributed by atoms with Gasteiger partial charge in [-0.25, -0.2) is 9.78 Å². The molecule has 1 aromatic carbocycles. The number of carboxylic acid groups (broad SMARTS) is 1. The van der Waals surface area contributed by atoms with Gasteiger partial charge in [-0.15, -0.1) is 0 Å². The molecule has 0 radical (unpaired) electrons. The largest absolute Gasteiger partial charge is 0.475 e. The van der Waals surface area contributed by atoms with Crippen molar-refractivity contribution in [2.45, 2.75) is 19.3 Å². The number of aryl methyl sites for hydroxylation is 2. The van der Waals surface area contributed by atoms with Gasteiger partial charge in [0.05, 0.1) is 10.9 Å². The summed E-state index contributed by atoms with van der Waals surface area (Å²) >= 11 is 0. The van der Waals surface area contributed by atoms with E-state index in [2.05, 4.69) is 9.97 Å². The molecule has 0 atom stereocenters. The number of nitrogens with zero attached hydrogens (tertiary/aromatic N) is 1. The molecule has 1 heterocycles. The molecule has 1 aromatic heterocycles. The van der Waals surface area contributed by atoms with Crippen LogP contribution in [-0.2, 0) is 12.8 Å². The van der Waals surface area contributed by atoms with E-state index in [0.717, 1.165) is 19.3 Å². The van der Waals surface area contributed by atoms with Crippen molar-refractivity contribution >= 4 is 16.9 Å². The molecule has 0 saturated carbocycles. The zero-order valence-electron chi connectivity index (χ0n) is 8.99. The number of fused-ring (bicyclic) bond motifs is 2. The smallest absolute Gasteiger partial charge is 0.372 e. The molecule has 0 spiro atoms. The number of H-pyrrole nitrogens is 1. The highest BCUT2D eigenvalue weighted by Crippen LogP contribution is 2.24. The Hall–Kier alpha value is -2.17. The molecule has 0 aliphatic heterocycles. The van der Waals surface area contributed by atoms with E-state index in [1.165, 1.54) is 11.1 Å². The van der Waals surface area contributed by atoms with Gasteiger partial charge in [-0.2, -0.15) is 0 Å². The number of carboxylic acids is 1. The quantitative estimate of drug-likeness (QED) is 0.768. The normalized spacial score (nSPS) is 13.9. The highest BCUT2D eigenvalue weighted by atomic mass is 16.4. The average molecular weight is 230 g/mol. The second-order valence-electron chi connectivity index (χ2n) is 4.21. The van der Waals surface area contributed by atoms with Crippen LogP contribution in [0.4, 0.5) is 0 Å². The number of aromatic nitrogens is 2. The number of hydrogen-bond acceptors (Lipinski definition) is 3. The summed E-state index contributed by atoms with van der Waals surface area (Å²) in [7, 11) is 0. The monoisotopic (exact) mass is 230 g/mol. The van der Waals surface area contributed by atoms with Gasteiger partial charge >= 0.3 is 5.97 Å². The minimum absolute atomic E-state index is 0.305. The minimum Gasteiger partial charge on any atom is -0.475 e. The van der Waals surface area contributed by atoms with Crippen LogP contribution in [-0.4, -0.2) is 21.0 Å². The first-order valence-electron chi connectivity index (χ1n) is 5.44. The summed E-state index contributed by atoms with van der Waals surface area (Å²) in [5.74, 6) is -1.52. The number of carbonyl (C=O) groups is 1. The van der Waals surface area contributed by atoms with Crippen LogP contribution in [0.2, 0.25) is 0 Å². The van der Waals surface area contributed by atoms with Gasteiger partial charge in [-0.05, 0) is 42.5 Å². The summed E-state index contributed by atoms with van der Waals surface area (Å²) < 4.78 is 0. The maximum absolute atomic E-state index is 11.7. The highest BCUT2D eigenvalue weighted by molar-refractivity contribution is 5.87. The van der Waals surface area contributed by atoms with Crippen molar-refractivity contribution in [1.82, 2.24) is 9.97 Å². The maximum atomic E-state index is 11.7. The molecule has 0 unspecified atom stereocenters. The van der Waals surface area contributed by atoms with E-state index in [9.17, 15) is 9.59 Å². The first kappa shape index (κ1) is 10.0. The zero-order chi connectivity index (χ0) is 12.0. The molecular formula is C12H10N2O3. The van der Waals surface area contributed by atoms with Crippen molar-refractivity contribution in [3.8, 4) is 0 Å². The van der Waals surface area contributed by atoms with Gasteiger partial charge < -0.3 is 10.1 Å². The number of aromatic carboxylic acids is 1. The summed E-state index contributed by atoms with van der Waals surface area (Å²) in [5.41, 5.74) is 2.42. The summed E-state index contributed by atoms with van der Waals surface area (Å²) in [6, 6.07) is 3.66. The van der Waals surface area contributed by atoms with Gasteiger partial charge in [-0.1, -0.05) is 0 Å². The topological polar surface area (TPSA) is 83.0 Å². The zero-order valence-corrected chi connectivity index (χ0v) is 8.99. The number of nitrogens with one attached hydrogen (secondary N) is 1. The van der Waals surface area contributed by atoms with Crippen LogP contribution in [0.25, 0.3) is 10.9 Å². The van der Waals surface area contributed by atoms with Crippen molar-refractivity contribution in [1.29, 1.82) is 0 Å². The third-order valence-corrected chi connectivity index (χ3v) is 3.12. The fourth-order valence-corrected chi connectivity index (χ4v) is 2.31. The van der Waals surface area contributed by atoms with Crippen LogP contribution in [0.5, 0.6) is 0 Å². The van der Waals surface area contributed by atoms with Crippen molar-refractivity contribution in [3.63, 3.8) is 0 Å². The lowest BCUT2D eigenvalue weighted by Crippen LogP contribution is -2.15. The predicted octanol–water partition coefficient (Wildman–Crippen LogP) is 1.11. The first-order chi connectivity index (χ1) is 8.15. The van der Waals surface area contributed by atoms with E-state index in [1.807, 2.05) is 12.1 Å². The number of aromatic amines is 1. The van der Waals surface area contributed by atoms with Crippen LogP contribution in [0.1, 0.15) is 28.2 Å². The molecule has 0 bridgehead atoms. The van der Waals surface area contributed by atoms with Gasteiger partial charge in [0.2, 0.25) is 5.82 Å². The lowest BCUT2D eigenvalue weighted by atomic mass is 10.1. The number of hydrogen-bond donors (Lipinski definition) is 2. The van der Waals surface area contributed by atoms with Crippen LogP contribution in [0.15, 0.2) is 16.9 Å². The fraction of sp³-hybridized carbons (Fsp3) is 0.250. The van der Waals surface area contributed by atoms with Gasteiger partial charge in [-0.3, -0.25) is 4.79 Å². The Morgan fingerprint density at radius 3 is 2.71 bits per heavy atom. The first-order valence-corrected chi connectivity index (χ1v) is 5.44. The van der Waals surface area contributed by atoms with Gasteiger partial charge in [0.1, 0.15) is 0 Å². The second-order valence-corrected chi connectivity index (χ2v) is 4.21. The standard InChI is InChI=1S/C12H10N2O3/c15-11-8-4-6-2-1-3-7(6)5-9(8)13-10(14-11)12(16)17/h4-5H,1-3H2,(H,16,17)(H,13,14,15). The van der Waals surface area contributed by atoms with E-state index in [0.29, 0.717) is 10.9 Å². The van der Waals surface area contributed by atoms with E-state index in [1.54, 1.807) is 0 Å². The highest BCUT2D eigenvalue weighted by Gasteiger charge is 2.15. The summed E-state index contributed by atoms with van der Waals surface area (Å²) in [6.07, 6.45) is 3.03. The van der Waals surface area contributed by atoms with Crippen LogP contribution in [0, 0.1) is 0 Å². The summed E-state index contributed by atoms with van der Waals surface area (Å²) in [6.45, 7) is 0. The third kappa shape index (κ3) is 1.51. The SMILES string of the molecule is O=C(O)c1nc2cc3c(cc2c(=O)[nH]1)CCC3. The molecule has 1 aliphatic carbocycles. The fourth-order valence-electron chi connectivity index (χ4n) is 2.31. The maximum Gasteiger partial charge on any atom is 0.372 e. The lowest BCUT2D eigenvalue weighted by molar-refractivity contribution is 0.0683. The van der Waals surface area contributed by atoms with E-state index in [-0.39, 0.29) is 11.4 Å². The van der Waals surface area contributed by atoms with Crippen molar-refractivity contribution in [3.05, 3.63) is 39.4 Å². The molecule has 17 heavy (non-hydrogen) atoms. The van der Waals surface area contributed by atoms with Crippen molar-refractivity contribution < 1.29 is 9.90 Å². The van der Waals surface area contributed by atoms with Crippen molar-refractivity contribution in [2.75, 3.05) is 0 Å². The molecule has 0 amide bonds. The Morgan fingerprint density at radius 1 is 1.29 bits per heavy atom. The van der Waals surface area contributed by atoms with E-state index in [4.69, 9.17) is 5.11 Å². The average Bonchev–Trinajstić information content (AvgIpc) is 2.73. The van der Waals surface area contributed by atoms with Crippen LogP contribution in [0.3, 0.4) is 0 Å². The lowest BCUT2D eigenvalue weighted by Gasteiger charge is -2.03. The summed E-state index contributed by atoms with van der Waals surface area (Å²) in [4.78, 5) is 28.8. The van der Waals surface area contributed by atoms with Gasteiger partial charge in [0.25, 0.3) is 5.56 Å². The molecule has 1 aliphatic rings. The Morgan fingerprint density at radius 2 is 2.00 bits per heavy atom. The van der Waals surface area contributed by atoms with E-state index >= 15 is 0 Å². The van der Waals surface area contributed by atoms with E-state index < -0.39 is 5.97 Å². The van der Waals surface area contributed by atoms with Crippen LogP contribution < -0.4 is 5.56 Å². The predicted molar refractivity (Wildman–Crippen MR) is 61.3 cm³/mol. The van der Waals surface area contributed by atoms with Crippen LogP contribution >= 0.6 is 0 Å². The molecule has 5 nitrogen and oxygen atoms in total. The molecular weight excluding hydrogens is 220 g/mol. The summed E-state index contributed by atoms with van der Waals surface area (Å²) in [5, 5.41) is 9.30. The Labute approximate surface area is 96.1 Å². The molecule has 3 rings (SSSR count). The Kier molecular flexibility index (Phi) is 2.01. The van der Waals surface area contributed by atoms with Crippen molar-refractivity contribution in [2.24, 2.45) is 0 Å². The third-order valence-electron chi connectivity index (χ3n) is 3.12. The van der Waals surface area contributed by atoms with Gasteiger partial charge in [0.15, 0.2) is 0 Å². The Balaban J connectivity index is 2.35. The number of rotatable bonds is 1. The van der Waals surface area contributed by atoms with Gasteiger partial charge in [0, 0.05) is 0 Å². The molecule has 5 heteroatoms. The molecule has 2 N–H and O–H groups in total. The minimum atomic E-state index is -1.22. The molecule has 0 saturated heterocycles. The molecule has 2 aromatic rings. The molecule has 86 valence electrons. The molecule has 0 fully saturated rings. The number of benzene rings is 1.